The van der Waals surface area contributed by atoms with E-state index in [1.165, 1.54) is 16.3 Å². The zero-order valence-corrected chi connectivity index (χ0v) is 7.66. The number of benzene rings is 2. The van der Waals surface area contributed by atoms with Crippen LogP contribution in [-0.2, 0) is 6.42 Å². The van der Waals surface area contributed by atoms with E-state index in [1.54, 1.807) is 0 Å². The molecule has 0 unspecified atom stereocenters. The number of aryl methyl sites for hydroxylation is 1. The minimum Gasteiger partial charge on any atom is -0.0651 e. The van der Waals surface area contributed by atoms with E-state index in [1.807, 2.05) is 0 Å². The van der Waals surface area contributed by atoms with Gasteiger partial charge in [-0.05, 0) is 22.8 Å². The SMILES string of the molecule is [2H]CCCc1cccc2ccccc12. The first-order valence-corrected chi connectivity index (χ1v) is 4.67. The molecule has 13 heavy (non-hydrogen) atoms. The van der Waals surface area contributed by atoms with Crippen LogP contribution in [0.5, 0.6) is 0 Å². The van der Waals surface area contributed by atoms with Crippen molar-refractivity contribution in [1.29, 1.82) is 0 Å². The van der Waals surface area contributed by atoms with Gasteiger partial charge < -0.3 is 0 Å². The van der Waals surface area contributed by atoms with E-state index in [9.17, 15) is 0 Å². The van der Waals surface area contributed by atoms with E-state index < -0.39 is 0 Å². The molecule has 2 rings (SSSR count). The Morgan fingerprint density at radius 2 is 1.92 bits per heavy atom. The van der Waals surface area contributed by atoms with Crippen LogP contribution in [0.1, 0.15) is 20.3 Å². The molecule has 0 saturated carbocycles. The predicted molar refractivity (Wildman–Crippen MR) is 57.9 cm³/mol. The zero-order valence-electron chi connectivity index (χ0n) is 8.66. The van der Waals surface area contributed by atoms with Crippen molar-refractivity contribution in [3.05, 3.63) is 48.0 Å². The van der Waals surface area contributed by atoms with Gasteiger partial charge in [-0.25, -0.2) is 0 Å². The number of hydrogen-bond donors (Lipinski definition) is 0. The van der Waals surface area contributed by atoms with Crippen molar-refractivity contribution in [1.82, 2.24) is 0 Å². The van der Waals surface area contributed by atoms with E-state index >= 15 is 0 Å². The maximum atomic E-state index is 7.16. The van der Waals surface area contributed by atoms with Gasteiger partial charge in [-0.2, -0.15) is 0 Å². The smallest absolute Gasteiger partial charge is 0.0230 e. The molecular weight excluding hydrogens is 156 g/mol. The van der Waals surface area contributed by atoms with Crippen LogP contribution in [0.15, 0.2) is 42.5 Å². The first-order chi connectivity index (χ1) is 6.92. The van der Waals surface area contributed by atoms with E-state index in [-0.39, 0.29) is 0 Å². The second-order valence-electron chi connectivity index (χ2n) is 3.24. The van der Waals surface area contributed by atoms with Gasteiger partial charge in [0.1, 0.15) is 0 Å². The lowest BCUT2D eigenvalue weighted by molar-refractivity contribution is 0.930. The summed E-state index contributed by atoms with van der Waals surface area (Å²) in [5, 5.41) is 2.64. The Bertz CT molecular complexity index is 415. The Balaban J connectivity index is 2.43. The Hall–Kier alpha value is -1.30. The van der Waals surface area contributed by atoms with Gasteiger partial charge in [-0.3, -0.25) is 0 Å². The van der Waals surface area contributed by atoms with Crippen molar-refractivity contribution >= 4 is 10.8 Å². The summed E-state index contributed by atoms with van der Waals surface area (Å²) in [7, 11) is 0. The highest BCUT2D eigenvalue weighted by molar-refractivity contribution is 5.85. The van der Waals surface area contributed by atoms with Crippen LogP contribution in [0.3, 0.4) is 0 Å². The number of fused-ring (bicyclic) bond motifs is 1. The van der Waals surface area contributed by atoms with Crippen LogP contribution in [0.4, 0.5) is 0 Å². The van der Waals surface area contributed by atoms with Gasteiger partial charge in [0.05, 0.1) is 0 Å². The van der Waals surface area contributed by atoms with Gasteiger partial charge in [0.2, 0.25) is 0 Å². The maximum absolute atomic E-state index is 7.16. The monoisotopic (exact) mass is 171 g/mol. The summed E-state index contributed by atoms with van der Waals surface area (Å²) < 4.78 is 7.16. The van der Waals surface area contributed by atoms with Gasteiger partial charge in [-0.15, -0.1) is 0 Å². The molecule has 0 nitrogen and oxygen atoms in total. The molecule has 0 aliphatic carbocycles. The highest BCUT2D eigenvalue weighted by atomic mass is 14.0. The summed E-state index contributed by atoms with van der Waals surface area (Å²) in [5.74, 6) is 0. The van der Waals surface area contributed by atoms with Crippen LogP contribution in [0, 0.1) is 0 Å². The van der Waals surface area contributed by atoms with Crippen molar-refractivity contribution < 1.29 is 1.37 Å². The van der Waals surface area contributed by atoms with Crippen LogP contribution in [-0.4, -0.2) is 0 Å². The summed E-state index contributed by atoms with van der Waals surface area (Å²) in [6, 6.07) is 14.8. The standard InChI is InChI=1S/C13H14/c1-2-6-11-8-5-9-12-7-3-4-10-13(11)12/h3-5,7-10H,2,6H2,1H3/i1D. The lowest BCUT2D eigenvalue weighted by atomic mass is 10.0. The molecule has 0 spiro atoms. The first kappa shape index (κ1) is 7.14. The molecule has 0 amide bonds. The molecular formula is C13H14. The third kappa shape index (κ3) is 1.57. The Labute approximate surface area is 80.6 Å². The van der Waals surface area contributed by atoms with Crippen LogP contribution < -0.4 is 0 Å². The summed E-state index contributed by atoms with van der Waals surface area (Å²) in [6.07, 6.45) is 1.97. The van der Waals surface area contributed by atoms with E-state index in [2.05, 4.69) is 42.5 Å². The highest BCUT2D eigenvalue weighted by Crippen LogP contribution is 2.19. The molecule has 2 aromatic carbocycles. The summed E-state index contributed by atoms with van der Waals surface area (Å²) in [6.45, 7) is 0.517. The van der Waals surface area contributed by atoms with E-state index in [4.69, 9.17) is 1.37 Å². The van der Waals surface area contributed by atoms with Gasteiger partial charge in [-0.1, -0.05) is 55.8 Å². The minimum atomic E-state index is 0.517. The van der Waals surface area contributed by atoms with Gasteiger partial charge >= 0.3 is 0 Å². The quantitative estimate of drug-likeness (QED) is 0.644. The molecule has 0 fully saturated rings. The van der Waals surface area contributed by atoms with E-state index in [0.29, 0.717) is 6.90 Å². The molecule has 66 valence electrons. The van der Waals surface area contributed by atoms with Crippen molar-refractivity contribution in [2.75, 3.05) is 0 Å². The molecule has 0 atom stereocenters. The fourth-order valence-corrected chi connectivity index (χ4v) is 1.70. The van der Waals surface area contributed by atoms with Crippen molar-refractivity contribution in [2.24, 2.45) is 0 Å². The first-order valence-electron chi connectivity index (χ1n) is 5.38. The molecule has 0 N–H and O–H groups in total. The topological polar surface area (TPSA) is 0 Å². The molecule has 0 radical (unpaired) electrons. The van der Waals surface area contributed by atoms with Crippen LogP contribution in [0.25, 0.3) is 10.8 Å². The Morgan fingerprint density at radius 3 is 2.85 bits per heavy atom. The second-order valence-corrected chi connectivity index (χ2v) is 3.24. The Kier molecular flexibility index (Phi) is 1.98. The molecule has 0 aliphatic heterocycles. The summed E-state index contributed by atoms with van der Waals surface area (Å²) in [4.78, 5) is 0. The maximum Gasteiger partial charge on any atom is 0.0230 e. The molecule has 0 aromatic heterocycles. The zero-order chi connectivity index (χ0) is 9.80. The van der Waals surface area contributed by atoms with Crippen molar-refractivity contribution in [3.8, 4) is 0 Å². The molecule has 2 aromatic rings. The molecule has 0 saturated heterocycles. The van der Waals surface area contributed by atoms with E-state index in [0.717, 1.165) is 12.8 Å². The lowest BCUT2D eigenvalue weighted by Crippen LogP contribution is -1.84. The Morgan fingerprint density at radius 1 is 1.08 bits per heavy atom. The predicted octanol–water partition coefficient (Wildman–Crippen LogP) is 3.79. The fraction of sp³-hybridized carbons (Fsp3) is 0.231. The average Bonchev–Trinajstić information content (AvgIpc) is 2.26. The van der Waals surface area contributed by atoms with Crippen LogP contribution in [0.2, 0.25) is 0 Å². The van der Waals surface area contributed by atoms with Crippen molar-refractivity contribution in [2.45, 2.75) is 19.7 Å². The molecule has 0 heteroatoms. The fourth-order valence-electron chi connectivity index (χ4n) is 1.70. The summed E-state index contributed by atoms with van der Waals surface area (Å²) >= 11 is 0. The third-order valence-electron chi connectivity index (χ3n) is 2.33. The molecule has 0 heterocycles. The number of rotatable bonds is 2. The molecule has 0 bridgehead atoms. The highest BCUT2D eigenvalue weighted by Gasteiger charge is 1.97. The number of hydrogen-bond acceptors (Lipinski definition) is 0. The third-order valence-corrected chi connectivity index (χ3v) is 2.33. The average molecular weight is 171 g/mol. The lowest BCUT2D eigenvalue weighted by Gasteiger charge is -2.03. The largest absolute Gasteiger partial charge is 0.0651 e. The summed E-state index contributed by atoms with van der Waals surface area (Å²) in [5.41, 5.74) is 1.37. The van der Waals surface area contributed by atoms with Gasteiger partial charge in [0.15, 0.2) is 0 Å². The van der Waals surface area contributed by atoms with Crippen LogP contribution >= 0.6 is 0 Å². The normalized spacial score (nSPS) is 11.5. The van der Waals surface area contributed by atoms with Gasteiger partial charge in [0.25, 0.3) is 0 Å². The van der Waals surface area contributed by atoms with Gasteiger partial charge in [0, 0.05) is 1.37 Å². The minimum absolute atomic E-state index is 0.517. The molecule has 0 aliphatic rings. The second kappa shape index (κ2) is 3.61. The van der Waals surface area contributed by atoms with Crippen molar-refractivity contribution in [3.63, 3.8) is 0 Å².